The topological polar surface area (TPSA) is 29.9 Å². The molecular formula is C17H25N3. The van der Waals surface area contributed by atoms with Crippen molar-refractivity contribution in [1.82, 2.24) is 15.1 Å². The van der Waals surface area contributed by atoms with E-state index < -0.39 is 0 Å². The molecule has 0 fully saturated rings. The van der Waals surface area contributed by atoms with Gasteiger partial charge in [-0.3, -0.25) is 4.68 Å². The van der Waals surface area contributed by atoms with Crippen LogP contribution in [0.5, 0.6) is 0 Å². The number of rotatable bonds is 5. The molecule has 20 heavy (non-hydrogen) atoms. The van der Waals surface area contributed by atoms with Crippen molar-refractivity contribution in [2.24, 2.45) is 7.05 Å². The summed E-state index contributed by atoms with van der Waals surface area (Å²) >= 11 is 0. The lowest BCUT2D eigenvalue weighted by atomic mass is 10.1. The summed E-state index contributed by atoms with van der Waals surface area (Å²) in [6.45, 7) is 9.49. The highest BCUT2D eigenvalue weighted by Crippen LogP contribution is 2.21. The van der Waals surface area contributed by atoms with Gasteiger partial charge in [0.1, 0.15) is 0 Å². The second-order valence-electron chi connectivity index (χ2n) is 5.48. The molecular weight excluding hydrogens is 246 g/mol. The molecule has 1 aromatic carbocycles. The van der Waals surface area contributed by atoms with Crippen LogP contribution < -0.4 is 5.32 Å². The second kappa shape index (κ2) is 6.23. The van der Waals surface area contributed by atoms with Gasteiger partial charge in [0, 0.05) is 30.9 Å². The Labute approximate surface area is 122 Å². The Bertz CT molecular complexity index is 567. The third kappa shape index (κ3) is 3.10. The number of nitrogens with zero attached hydrogens (tertiary/aromatic N) is 2. The van der Waals surface area contributed by atoms with Gasteiger partial charge in [-0.1, -0.05) is 31.2 Å². The summed E-state index contributed by atoms with van der Waals surface area (Å²) in [5.41, 5.74) is 6.39. The highest BCUT2D eigenvalue weighted by molar-refractivity contribution is 5.28. The van der Waals surface area contributed by atoms with Crippen molar-refractivity contribution in [3.63, 3.8) is 0 Å². The molecule has 0 aliphatic carbocycles. The van der Waals surface area contributed by atoms with E-state index in [1.165, 1.54) is 22.4 Å². The van der Waals surface area contributed by atoms with E-state index in [2.05, 4.69) is 62.4 Å². The molecule has 2 rings (SSSR count). The lowest BCUT2D eigenvalue weighted by Gasteiger charge is -2.15. The number of benzene rings is 1. The molecule has 0 unspecified atom stereocenters. The molecule has 0 spiro atoms. The van der Waals surface area contributed by atoms with Crippen molar-refractivity contribution in [3.05, 3.63) is 52.3 Å². The Balaban J connectivity index is 2.02. The SMILES string of the molecule is CCc1ccc(CN[C@H](C)c2c(C)nn(C)c2C)cc1. The summed E-state index contributed by atoms with van der Waals surface area (Å²) in [5.74, 6) is 0. The summed E-state index contributed by atoms with van der Waals surface area (Å²) in [7, 11) is 2.00. The fourth-order valence-electron chi connectivity index (χ4n) is 2.68. The van der Waals surface area contributed by atoms with E-state index in [-0.39, 0.29) is 0 Å². The van der Waals surface area contributed by atoms with Crippen LogP contribution in [0, 0.1) is 13.8 Å². The Morgan fingerprint density at radius 2 is 1.75 bits per heavy atom. The summed E-state index contributed by atoms with van der Waals surface area (Å²) in [6, 6.07) is 9.16. The zero-order valence-electron chi connectivity index (χ0n) is 13.2. The predicted molar refractivity (Wildman–Crippen MR) is 83.8 cm³/mol. The van der Waals surface area contributed by atoms with Gasteiger partial charge in [0.15, 0.2) is 0 Å². The molecule has 2 aromatic rings. The Morgan fingerprint density at radius 3 is 2.25 bits per heavy atom. The molecule has 1 aromatic heterocycles. The van der Waals surface area contributed by atoms with Crippen LogP contribution in [0.3, 0.4) is 0 Å². The molecule has 0 bridgehead atoms. The van der Waals surface area contributed by atoms with Crippen molar-refractivity contribution < 1.29 is 0 Å². The Morgan fingerprint density at radius 1 is 1.15 bits per heavy atom. The monoisotopic (exact) mass is 271 g/mol. The van der Waals surface area contributed by atoms with E-state index in [1.54, 1.807) is 0 Å². The first-order valence-corrected chi connectivity index (χ1v) is 7.34. The molecule has 1 heterocycles. The van der Waals surface area contributed by atoms with E-state index in [9.17, 15) is 0 Å². The van der Waals surface area contributed by atoms with Gasteiger partial charge in [-0.15, -0.1) is 0 Å². The van der Waals surface area contributed by atoms with Gasteiger partial charge in [-0.2, -0.15) is 5.10 Å². The molecule has 1 atom stereocenters. The summed E-state index contributed by atoms with van der Waals surface area (Å²) in [5, 5.41) is 8.08. The minimum Gasteiger partial charge on any atom is -0.306 e. The average molecular weight is 271 g/mol. The van der Waals surface area contributed by atoms with Gasteiger partial charge in [0.05, 0.1) is 5.69 Å². The molecule has 1 N–H and O–H groups in total. The Kier molecular flexibility index (Phi) is 4.61. The lowest BCUT2D eigenvalue weighted by Crippen LogP contribution is -2.19. The summed E-state index contributed by atoms with van der Waals surface area (Å²) in [6.07, 6.45) is 1.10. The number of nitrogens with one attached hydrogen (secondary N) is 1. The zero-order valence-corrected chi connectivity index (χ0v) is 13.2. The van der Waals surface area contributed by atoms with E-state index in [0.717, 1.165) is 18.7 Å². The van der Waals surface area contributed by atoms with Crippen molar-refractivity contribution in [3.8, 4) is 0 Å². The van der Waals surface area contributed by atoms with Crippen LogP contribution in [-0.2, 0) is 20.0 Å². The highest BCUT2D eigenvalue weighted by Gasteiger charge is 2.15. The van der Waals surface area contributed by atoms with E-state index in [0.29, 0.717) is 6.04 Å². The number of hydrogen-bond acceptors (Lipinski definition) is 2. The zero-order chi connectivity index (χ0) is 14.7. The predicted octanol–water partition coefficient (Wildman–Crippen LogP) is 3.45. The fourth-order valence-corrected chi connectivity index (χ4v) is 2.68. The third-order valence-corrected chi connectivity index (χ3v) is 4.04. The molecule has 0 aliphatic heterocycles. The summed E-state index contributed by atoms with van der Waals surface area (Å²) < 4.78 is 1.96. The largest absolute Gasteiger partial charge is 0.306 e. The molecule has 3 nitrogen and oxygen atoms in total. The fraction of sp³-hybridized carbons (Fsp3) is 0.471. The van der Waals surface area contributed by atoms with Crippen LogP contribution in [-0.4, -0.2) is 9.78 Å². The van der Waals surface area contributed by atoms with Gasteiger partial charge >= 0.3 is 0 Å². The maximum Gasteiger partial charge on any atom is 0.0644 e. The minimum atomic E-state index is 0.314. The molecule has 0 radical (unpaired) electrons. The van der Waals surface area contributed by atoms with Gasteiger partial charge in [-0.25, -0.2) is 0 Å². The molecule has 3 heteroatoms. The third-order valence-electron chi connectivity index (χ3n) is 4.04. The van der Waals surface area contributed by atoms with Crippen LogP contribution in [0.2, 0.25) is 0 Å². The van der Waals surface area contributed by atoms with Crippen molar-refractivity contribution in [2.75, 3.05) is 0 Å². The number of aryl methyl sites for hydroxylation is 3. The molecule has 0 saturated heterocycles. The second-order valence-corrected chi connectivity index (χ2v) is 5.48. The first kappa shape index (κ1) is 14.8. The van der Waals surface area contributed by atoms with Gasteiger partial charge < -0.3 is 5.32 Å². The highest BCUT2D eigenvalue weighted by atomic mass is 15.3. The van der Waals surface area contributed by atoms with E-state index >= 15 is 0 Å². The van der Waals surface area contributed by atoms with Crippen LogP contribution >= 0.6 is 0 Å². The van der Waals surface area contributed by atoms with Crippen molar-refractivity contribution >= 4 is 0 Å². The van der Waals surface area contributed by atoms with Crippen LogP contribution in [0.1, 0.15) is 48.0 Å². The normalized spacial score (nSPS) is 12.7. The standard InChI is InChI=1S/C17H25N3/c1-6-15-7-9-16(10-8-15)11-18-12(2)17-13(3)19-20(5)14(17)4/h7-10,12,18H,6,11H2,1-5H3/t12-/m1/s1. The van der Waals surface area contributed by atoms with Crippen molar-refractivity contribution in [1.29, 1.82) is 0 Å². The van der Waals surface area contributed by atoms with Crippen LogP contribution in [0.4, 0.5) is 0 Å². The molecule has 0 amide bonds. The number of hydrogen-bond donors (Lipinski definition) is 1. The van der Waals surface area contributed by atoms with Gasteiger partial charge in [0.2, 0.25) is 0 Å². The van der Waals surface area contributed by atoms with Crippen molar-refractivity contribution in [2.45, 2.75) is 46.7 Å². The first-order valence-electron chi connectivity index (χ1n) is 7.34. The maximum atomic E-state index is 4.49. The van der Waals surface area contributed by atoms with Gasteiger partial charge in [-0.05, 0) is 38.3 Å². The number of aromatic nitrogens is 2. The average Bonchev–Trinajstić information content (AvgIpc) is 2.70. The lowest BCUT2D eigenvalue weighted by molar-refractivity contribution is 0.568. The van der Waals surface area contributed by atoms with E-state index in [1.807, 2.05) is 11.7 Å². The summed E-state index contributed by atoms with van der Waals surface area (Å²) in [4.78, 5) is 0. The molecule has 0 aliphatic rings. The first-order chi connectivity index (χ1) is 9.52. The van der Waals surface area contributed by atoms with Crippen LogP contribution in [0.25, 0.3) is 0 Å². The maximum absolute atomic E-state index is 4.49. The van der Waals surface area contributed by atoms with E-state index in [4.69, 9.17) is 0 Å². The quantitative estimate of drug-likeness (QED) is 0.902. The van der Waals surface area contributed by atoms with Gasteiger partial charge in [0.25, 0.3) is 0 Å². The Hall–Kier alpha value is -1.61. The molecule has 0 saturated carbocycles. The molecule has 108 valence electrons. The smallest absolute Gasteiger partial charge is 0.0644 e. The minimum absolute atomic E-state index is 0.314. The van der Waals surface area contributed by atoms with Crippen LogP contribution in [0.15, 0.2) is 24.3 Å².